The highest BCUT2D eigenvalue weighted by Gasteiger charge is 2.40. The zero-order valence-electron chi connectivity index (χ0n) is 15.3. The lowest BCUT2D eigenvalue weighted by Gasteiger charge is -2.23. The number of rotatable bonds is 5. The largest absolute Gasteiger partial charge is 0.349 e. The molecule has 1 amide bonds. The van der Waals surface area contributed by atoms with Crippen molar-refractivity contribution in [1.82, 2.24) is 5.32 Å². The van der Waals surface area contributed by atoms with Gasteiger partial charge in [-0.25, -0.2) is 8.42 Å². The van der Waals surface area contributed by atoms with Gasteiger partial charge in [0.2, 0.25) is 0 Å². The molecule has 142 valence electrons. The number of carbonyl (C=O) groups excluding carboxylic acids is 1. The maximum Gasteiger partial charge on any atom is 0.261 e. The molecular formula is C21H24N2O3S. The molecule has 0 saturated heterocycles. The van der Waals surface area contributed by atoms with Crippen molar-refractivity contribution in [3.8, 4) is 0 Å². The zero-order chi connectivity index (χ0) is 19.0. The van der Waals surface area contributed by atoms with Crippen LogP contribution in [-0.2, 0) is 10.0 Å². The van der Waals surface area contributed by atoms with Gasteiger partial charge in [-0.2, -0.15) is 0 Å². The number of benzene rings is 2. The summed E-state index contributed by atoms with van der Waals surface area (Å²) in [5.41, 5.74) is 1.77. The standard InChI is InChI=1S/C21H24N2O3S/c1-14-11-17(21(24)22-20-13-15-7-8-16(20)12-15)9-10-19(14)23-27(25,26)18-5-3-2-4-6-18/h2-6,9-11,15-16,20,23H,7-8,12-13H2,1H3,(H,22,24)/t15-,16-,20-/m0/s1. The Morgan fingerprint density at radius 3 is 2.44 bits per heavy atom. The van der Waals surface area contributed by atoms with Gasteiger partial charge in [0.15, 0.2) is 0 Å². The summed E-state index contributed by atoms with van der Waals surface area (Å²) in [6.45, 7) is 1.80. The molecule has 6 heteroatoms. The Balaban J connectivity index is 1.47. The van der Waals surface area contributed by atoms with Crippen molar-refractivity contribution in [3.63, 3.8) is 0 Å². The van der Waals surface area contributed by atoms with Crippen LogP contribution in [0.4, 0.5) is 5.69 Å². The summed E-state index contributed by atoms with van der Waals surface area (Å²) in [6, 6.07) is 13.6. The molecule has 2 aliphatic rings. The monoisotopic (exact) mass is 384 g/mol. The van der Waals surface area contributed by atoms with E-state index >= 15 is 0 Å². The molecule has 5 nitrogen and oxygen atoms in total. The van der Waals surface area contributed by atoms with Crippen LogP contribution in [0, 0.1) is 18.8 Å². The van der Waals surface area contributed by atoms with E-state index in [1.54, 1.807) is 55.5 Å². The summed E-state index contributed by atoms with van der Waals surface area (Å²) in [5.74, 6) is 1.32. The van der Waals surface area contributed by atoms with Crippen LogP contribution in [0.5, 0.6) is 0 Å². The lowest BCUT2D eigenvalue weighted by Crippen LogP contribution is -2.38. The maximum atomic E-state index is 12.6. The van der Waals surface area contributed by atoms with Crippen LogP contribution in [0.1, 0.15) is 41.6 Å². The molecule has 0 unspecified atom stereocenters. The molecule has 2 aromatic carbocycles. The van der Waals surface area contributed by atoms with E-state index in [0.717, 1.165) is 17.9 Å². The maximum absolute atomic E-state index is 12.6. The summed E-state index contributed by atoms with van der Waals surface area (Å²) in [5, 5.41) is 3.17. The Bertz CT molecular complexity index is 957. The molecular weight excluding hydrogens is 360 g/mol. The van der Waals surface area contributed by atoms with Crippen LogP contribution in [-0.4, -0.2) is 20.4 Å². The average Bonchev–Trinajstić information content (AvgIpc) is 3.27. The van der Waals surface area contributed by atoms with E-state index in [1.165, 1.54) is 19.3 Å². The van der Waals surface area contributed by atoms with Gasteiger partial charge >= 0.3 is 0 Å². The Hall–Kier alpha value is -2.34. The van der Waals surface area contributed by atoms with E-state index in [2.05, 4.69) is 10.0 Å². The molecule has 0 heterocycles. The number of nitrogens with one attached hydrogen (secondary N) is 2. The fourth-order valence-electron chi connectivity index (χ4n) is 4.40. The van der Waals surface area contributed by atoms with Gasteiger partial charge in [-0.15, -0.1) is 0 Å². The number of hydrogen-bond donors (Lipinski definition) is 2. The van der Waals surface area contributed by atoms with E-state index in [0.29, 0.717) is 17.2 Å². The molecule has 0 radical (unpaired) electrons. The zero-order valence-corrected chi connectivity index (χ0v) is 16.1. The third-order valence-electron chi connectivity index (χ3n) is 5.84. The third-order valence-corrected chi connectivity index (χ3v) is 7.22. The average molecular weight is 385 g/mol. The first kappa shape index (κ1) is 18.0. The van der Waals surface area contributed by atoms with E-state index in [4.69, 9.17) is 0 Å². The van der Waals surface area contributed by atoms with E-state index in [1.807, 2.05) is 0 Å². The van der Waals surface area contributed by atoms with E-state index in [9.17, 15) is 13.2 Å². The van der Waals surface area contributed by atoms with E-state index in [-0.39, 0.29) is 16.8 Å². The topological polar surface area (TPSA) is 75.3 Å². The first-order valence-electron chi connectivity index (χ1n) is 9.42. The van der Waals surface area contributed by atoms with Crippen molar-refractivity contribution in [2.45, 2.75) is 43.5 Å². The van der Waals surface area contributed by atoms with Crippen molar-refractivity contribution in [2.24, 2.45) is 11.8 Å². The van der Waals surface area contributed by atoms with Crippen LogP contribution >= 0.6 is 0 Å². The van der Waals surface area contributed by atoms with Gasteiger partial charge in [0, 0.05) is 11.6 Å². The van der Waals surface area contributed by atoms with Crippen LogP contribution in [0.15, 0.2) is 53.4 Å². The molecule has 2 saturated carbocycles. The summed E-state index contributed by atoms with van der Waals surface area (Å²) in [4.78, 5) is 12.8. The minimum atomic E-state index is -3.64. The normalized spacial score (nSPS) is 24.0. The van der Waals surface area contributed by atoms with Crippen LogP contribution < -0.4 is 10.0 Å². The van der Waals surface area contributed by atoms with Crippen molar-refractivity contribution in [1.29, 1.82) is 0 Å². The summed E-state index contributed by atoms with van der Waals surface area (Å²) in [7, 11) is -3.64. The minimum Gasteiger partial charge on any atom is -0.349 e. The Kier molecular flexibility index (Phi) is 4.68. The smallest absolute Gasteiger partial charge is 0.261 e. The number of fused-ring (bicyclic) bond motifs is 2. The summed E-state index contributed by atoms with van der Waals surface area (Å²) < 4.78 is 27.6. The number of hydrogen-bond acceptors (Lipinski definition) is 3. The highest BCUT2D eigenvalue weighted by atomic mass is 32.2. The summed E-state index contributed by atoms with van der Waals surface area (Å²) in [6.07, 6.45) is 4.84. The number of carbonyl (C=O) groups is 1. The SMILES string of the molecule is Cc1cc(C(=O)N[C@H]2C[C@H]3CC[C@H]2C3)ccc1NS(=O)(=O)c1ccccc1. The molecule has 2 bridgehead atoms. The van der Waals surface area contributed by atoms with Crippen LogP contribution in [0.3, 0.4) is 0 Å². The molecule has 0 aliphatic heterocycles. The number of amides is 1. The second kappa shape index (κ2) is 7.00. The Labute approximate surface area is 160 Å². The Morgan fingerprint density at radius 1 is 1.04 bits per heavy atom. The molecule has 3 atom stereocenters. The second-order valence-electron chi connectivity index (χ2n) is 7.70. The number of aryl methyl sites for hydroxylation is 1. The van der Waals surface area contributed by atoms with E-state index < -0.39 is 10.0 Å². The van der Waals surface area contributed by atoms with Crippen LogP contribution in [0.25, 0.3) is 0 Å². The molecule has 2 N–H and O–H groups in total. The van der Waals surface area contributed by atoms with Crippen LogP contribution in [0.2, 0.25) is 0 Å². The lowest BCUT2D eigenvalue weighted by molar-refractivity contribution is 0.0923. The fourth-order valence-corrected chi connectivity index (χ4v) is 5.55. The van der Waals surface area contributed by atoms with Crippen molar-refractivity contribution < 1.29 is 13.2 Å². The highest BCUT2D eigenvalue weighted by molar-refractivity contribution is 7.92. The second-order valence-corrected chi connectivity index (χ2v) is 9.39. The van der Waals surface area contributed by atoms with Crippen molar-refractivity contribution in [2.75, 3.05) is 4.72 Å². The van der Waals surface area contributed by atoms with Gasteiger partial charge < -0.3 is 5.32 Å². The van der Waals surface area contributed by atoms with Crippen molar-refractivity contribution >= 4 is 21.6 Å². The number of anilines is 1. The first-order valence-corrected chi connectivity index (χ1v) is 10.9. The molecule has 2 aliphatic carbocycles. The number of sulfonamides is 1. The summed E-state index contributed by atoms with van der Waals surface area (Å²) >= 11 is 0. The minimum absolute atomic E-state index is 0.0758. The first-order chi connectivity index (χ1) is 12.9. The van der Waals surface area contributed by atoms with Gasteiger partial charge in [-0.1, -0.05) is 24.6 Å². The molecule has 2 aromatic rings. The molecule has 0 spiro atoms. The van der Waals surface area contributed by atoms with Gasteiger partial charge in [0.05, 0.1) is 10.6 Å². The molecule has 2 fully saturated rings. The highest BCUT2D eigenvalue weighted by Crippen LogP contribution is 2.44. The predicted molar refractivity (Wildman–Crippen MR) is 105 cm³/mol. The molecule has 4 rings (SSSR count). The quantitative estimate of drug-likeness (QED) is 0.825. The van der Waals surface area contributed by atoms with Crippen molar-refractivity contribution in [3.05, 3.63) is 59.7 Å². The molecule has 27 heavy (non-hydrogen) atoms. The fraction of sp³-hybridized carbons (Fsp3) is 0.381. The molecule has 0 aromatic heterocycles. The Morgan fingerprint density at radius 2 is 1.81 bits per heavy atom. The van der Waals surface area contributed by atoms with Gasteiger partial charge in [-0.05, 0) is 73.9 Å². The lowest BCUT2D eigenvalue weighted by atomic mass is 9.95. The van der Waals surface area contributed by atoms with Gasteiger partial charge in [0.1, 0.15) is 0 Å². The van der Waals surface area contributed by atoms with Gasteiger partial charge in [0.25, 0.3) is 15.9 Å². The predicted octanol–water partition coefficient (Wildman–Crippen LogP) is 3.71. The third kappa shape index (κ3) is 3.72. The van der Waals surface area contributed by atoms with Gasteiger partial charge in [-0.3, -0.25) is 9.52 Å².